The molecule has 0 spiro atoms. The maximum atomic E-state index is 12.9. The van der Waals surface area contributed by atoms with E-state index in [2.05, 4.69) is 43.0 Å². The number of hydrogen-bond donors (Lipinski definition) is 0. The minimum Gasteiger partial charge on any atom is -0.365 e. The van der Waals surface area contributed by atoms with Crippen molar-refractivity contribution in [2.45, 2.75) is 24.8 Å². The third kappa shape index (κ3) is 4.10. The van der Waals surface area contributed by atoms with E-state index in [0.29, 0.717) is 12.3 Å². The van der Waals surface area contributed by atoms with Crippen molar-refractivity contribution in [1.82, 2.24) is 9.47 Å². The number of nitrogens with zero attached hydrogens (tertiary/aromatic N) is 3. The average Bonchev–Trinajstić information content (AvgIpc) is 2.76. The normalized spacial score (nSPS) is 16.8. The van der Waals surface area contributed by atoms with Gasteiger partial charge < -0.3 is 14.4 Å². The molecule has 0 aliphatic carbocycles. The van der Waals surface area contributed by atoms with Crippen molar-refractivity contribution in [3.05, 3.63) is 70.5 Å². The first-order valence-electron chi connectivity index (χ1n) is 10.3. The molecule has 0 N–H and O–H groups in total. The molecule has 2 aromatic carbocycles. The van der Waals surface area contributed by atoms with Crippen LogP contribution in [0, 0.1) is 6.92 Å². The van der Waals surface area contributed by atoms with Crippen LogP contribution in [0.4, 0.5) is 5.69 Å². The zero-order valence-electron chi connectivity index (χ0n) is 17.7. The van der Waals surface area contributed by atoms with E-state index in [1.54, 1.807) is 17.7 Å². The van der Waals surface area contributed by atoms with Gasteiger partial charge >= 0.3 is 0 Å². The smallest absolute Gasteiger partial charge is 0.251 e. The van der Waals surface area contributed by atoms with Crippen molar-refractivity contribution in [2.24, 2.45) is 7.05 Å². The third-order valence-electron chi connectivity index (χ3n) is 5.81. The number of carbonyl (C=O) groups is 1. The summed E-state index contributed by atoms with van der Waals surface area (Å²) in [7, 11) is 1.78. The molecule has 0 bridgehead atoms. The number of carbonyl (C=O) groups excluding carboxylic acids is 1. The van der Waals surface area contributed by atoms with Crippen molar-refractivity contribution >= 4 is 34.3 Å². The van der Waals surface area contributed by atoms with Gasteiger partial charge in [0.1, 0.15) is 0 Å². The number of thioether (sulfide) groups is 1. The van der Waals surface area contributed by atoms with Gasteiger partial charge in [-0.1, -0.05) is 35.9 Å². The summed E-state index contributed by atoms with van der Waals surface area (Å²) in [6.45, 7) is 6.52. The number of pyridine rings is 1. The van der Waals surface area contributed by atoms with Gasteiger partial charge in [0.2, 0.25) is 5.91 Å². The Balaban J connectivity index is 1.42. The van der Waals surface area contributed by atoms with Crippen LogP contribution in [0.3, 0.4) is 0 Å². The van der Waals surface area contributed by atoms with Crippen LogP contribution in [0.25, 0.3) is 10.9 Å². The summed E-state index contributed by atoms with van der Waals surface area (Å²) in [6, 6.07) is 18.3. The molecule has 2 heterocycles. The maximum absolute atomic E-state index is 12.9. The number of para-hydroxylation sites is 1. The lowest BCUT2D eigenvalue weighted by molar-refractivity contribution is -0.129. The lowest BCUT2D eigenvalue weighted by Crippen LogP contribution is -2.54. The zero-order chi connectivity index (χ0) is 21.3. The van der Waals surface area contributed by atoms with Gasteiger partial charge in [0.15, 0.2) is 0 Å². The van der Waals surface area contributed by atoms with Crippen LogP contribution >= 0.6 is 11.8 Å². The van der Waals surface area contributed by atoms with Crippen LogP contribution in [-0.4, -0.2) is 46.8 Å². The summed E-state index contributed by atoms with van der Waals surface area (Å²) < 4.78 is 1.65. The van der Waals surface area contributed by atoms with E-state index in [4.69, 9.17) is 0 Å². The molecule has 1 unspecified atom stereocenters. The summed E-state index contributed by atoms with van der Waals surface area (Å²) in [4.78, 5) is 30.4. The Morgan fingerprint density at radius 3 is 2.57 bits per heavy atom. The van der Waals surface area contributed by atoms with Gasteiger partial charge in [-0.15, -0.1) is 11.8 Å². The summed E-state index contributed by atoms with van der Waals surface area (Å²) in [6.07, 6.45) is 0. The van der Waals surface area contributed by atoms with Gasteiger partial charge in [0.25, 0.3) is 5.56 Å². The largest absolute Gasteiger partial charge is 0.365 e. The number of aryl methyl sites for hydroxylation is 2. The summed E-state index contributed by atoms with van der Waals surface area (Å²) in [5, 5.41) is 1.01. The molecule has 1 fully saturated rings. The number of rotatable bonds is 4. The van der Waals surface area contributed by atoms with Crippen molar-refractivity contribution in [2.75, 3.05) is 30.3 Å². The molecule has 0 saturated carbocycles. The third-order valence-corrected chi connectivity index (χ3v) is 6.85. The van der Waals surface area contributed by atoms with Crippen LogP contribution in [0.5, 0.6) is 0 Å². The molecule has 1 aliphatic heterocycles. The fourth-order valence-corrected chi connectivity index (χ4v) is 5.01. The van der Waals surface area contributed by atoms with E-state index in [1.165, 1.54) is 23.0 Å². The van der Waals surface area contributed by atoms with Crippen molar-refractivity contribution in [3.8, 4) is 0 Å². The molecular formula is C24H27N3O2S. The molecule has 3 aromatic rings. The summed E-state index contributed by atoms with van der Waals surface area (Å²) in [5.41, 5.74) is 3.30. The molecule has 1 amide bonds. The Bertz CT molecular complexity index is 1120. The van der Waals surface area contributed by atoms with Gasteiger partial charge in [-0.05, 0) is 32.0 Å². The summed E-state index contributed by atoms with van der Waals surface area (Å²) >= 11 is 1.46. The minimum atomic E-state index is -0.0519. The second-order valence-electron chi connectivity index (χ2n) is 7.93. The Labute approximate surface area is 181 Å². The number of benzene rings is 2. The van der Waals surface area contributed by atoms with Crippen molar-refractivity contribution in [1.29, 1.82) is 0 Å². The SMILES string of the molecule is Cc1ccc(N2CCN(C(=O)CSc3cc(=O)n(C)c4ccccc34)CC2C)cc1. The van der Waals surface area contributed by atoms with Crippen LogP contribution in [-0.2, 0) is 11.8 Å². The second-order valence-corrected chi connectivity index (χ2v) is 8.95. The van der Waals surface area contributed by atoms with Crippen LogP contribution in [0.1, 0.15) is 12.5 Å². The highest BCUT2D eigenvalue weighted by Gasteiger charge is 2.27. The van der Waals surface area contributed by atoms with Gasteiger partial charge in [0.05, 0.1) is 11.3 Å². The van der Waals surface area contributed by atoms with Crippen molar-refractivity contribution in [3.63, 3.8) is 0 Å². The fourth-order valence-electron chi connectivity index (χ4n) is 4.03. The Morgan fingerprint density at radius 1 is 1.10 bits per heavy atom. The highest BCUT2D eigenvalue weighted by atomic mass is 32.2. The molecule has 30 heavy (non-hydrogen) atoms. The monoisotopic (exact) mass is 421 g/mol. The van der Waals surface area contributed by atoms with E-state index in [-0.39, 0.29) is 17.5 Å². The molecule has 156 valence electrons. The molecule has 5 nitrogen and oxygen atoms in total. The van der Waals surface area contributed by atoms with Crippen LogP contribution < -0.4 is 10.5 Å². The number of anilines is 1. The van der Waals surface area contributed by atoms with Crippen molar-refractivity contribution < 1.29 is 4.79 Å². The number of fused-ring (bicyclic) bond motifs is 1. The zero-order valence-corrected chi connectivity index (χ0v) is 18.5. The first-order chi connectivity index (χ1) is 14.4. The number of piperazine rings is 1. The number of aromatic nitrogens is 1. The number of amides is 1. The standard InChI is InChI=1S/C24H27N3O2S/c1-17-8-10-19(11-9-17)27-13-12-26(15-18(27)2)24(29)16-30-22-14-23(28)25(3)21-7-5-4-6-20(21)22/h4-11,14,18H,12-13,15-16H2,1-3H3. The minimum absolute atomic E-state index is 0.0519. The molecular weight excluding hydrogens is 394 g/mol. The van der Waals surface area contributed by atoms with Crippen LogP contribution in [0.15, 0.2) is 64.3 Å². The van der Waals surface area contributed by atoms with Gasteiger partial charge in [-0.25, -0.2) is 0 Å². The average molecular weight is 422 g/mol. The quantitative estimate of drug-likeness (QED) is 0.603. The van der Waals surface area contributed by atoms with Gasteiger partial charge in [-0.3, -0.25) is 9.59 Å². The van der Waals surface area contributed by atoms with Gasteiger partial charge in [-0.2, -0.15) is 0 Å². The first-order valence-corrected chi connectivity index (χ1v) is 11.3. The van der Waals surface area contributed by atoms with E-state index in [1.807, 2.05) is 29.2 Å². The molecule has 6 heteroatoms. The predicted molar refractivity (Wildman–Crippen MR) is 124 cm³/mol. The second kappa shape index (κ2) is 8.56. The van der Waals surface area contributed by atoms with E-state index >= 15 is 0 Å². The van der Waals surface area contributed by atoms with E-state index in [9.17, 15) is 9.59 Å². The van der Waals surface area contributed by atoms with E-state index in [0.717, 1.165) is 28.9 Å². The van der Waals surface area contributed by atoms with E-state index < -0.39 is 0 Å². The Kier molecular flexibility index (Phi) is 5.86. The summed E-state index contributed by atoms with van der Waals surface area (Å²) in [5.74, 6) is 0.467. The first kappa shape index (κ1) is 20.5. The highest BCUT2D eigenvalue weighted by Crippen LogP contribution is 2.27. The molecule has 1 aliphatic rings. The van der Waals surface area contributed by atoms with Crippen LogP contribution in [0.2, 0.25) is 0 Å². The lowest BCUT2D eigenvalue weighted by Gasteiger charge is -2.41. The molecule has 1 saturated heterocycles. The topological polar surface area (TPSA) is 45.6 Å². The Morgan fingerprint density at radius 2 is 1.83 bits per heavy atom. The maximum Gasteiger partial charge on any atom is 0.251 e. The predicted octanol–water partition coefficient (Wildman–Crippen LogP) is 3.68. The fraction of sp³-hybridized carbons (Fsp3) is 0.333. The lowest BCUT2D eigenvalue weighted by atomic mass is 10.1. The van der Waals surface area contributed by atoms with Gasteiger partial charge in [0, 0.05) is 54.8 Å². The molecule has 0 radical (unpaired) electrons. The number of hydrogen-bond acceptors (Lipinski definition) is 4. The Hall–Kier alpha value is -2.73. The molecule has 1 aromatic heterocycles. The highest BCUT2D eigenvalue weighted by molar-refractivity contribution is 8.00. The molecule has 4 rings (SSSR count). The molecule has 1 atom stereocenters.